The van der Waals surface area contributed by atoms with Crippen LogP contribution in [0.1, 0.15) is 20.1 Å². The SMILES string of the molecule is Cc1cc(Br)c(C(Br)c2ccc(F)cc2Br)s1. The van der Waals surface area contributed by atoms with Crippen molar-refractivity contribution in [3.8, 4) is 0 Å². The molecule has 0 saturated carbocycles. The Hall–Kier alpha value is 0.290. The summed E-state index contributed by atoms with van der Waals surface area (Å²) in [6.45, 7) is 2.07. The Morgan fingerprint density at radius 2 is 1.88 bits per heavy atom. The van der Waals surface area contributed by atoms with E-state index in [9.17, 15) is 4.39 Å². The van der Waals surface area contributed by atoms with Crippen molar-refractivity contribution in [2.75, 3.05) is 0 Å². The monoisotopic (exact) mass is 440 g/mol. The van der Waals surface area contributed by atoms with Crippen LogP contribution in [0.4, 0.5) is 4.39 Å². The number of rotatable bonds is 2. The molecule has 0 aliphatic carbocycles. The number of hydrogen-bond donors (Lipinski definition) is 0. The van der Waals surface area contributed by atoms with Crippen molar-refractivity contribution in [2.45, 2.75) is 11.8 Å². The van der Waals surface area contributed by atoms with Crippen molar-refractivity contribution in [1.29, 1.82) is 0 Å². The topological polar surface area (TPSA) is 0 Å². The van der Waals surface area contributed by atoms with Crippen molar-refractivity contribution in [3.63, 3.8) is 0 Å². The molecule has 0 amide bonds. The Labute approximate surface area is 129 Å². The molecule has 1 aromatic heterocycles. The van der Waals surface area contributed by atoms with Gasteiger partial charge in [-0.05, 0) is 46.6 Å². The van der Waals surface area contributed by atoms with Crippen LogP contribution in [-0.4, -0.2) is 0 Å². The normalized spacial score (nSPS) is 12.8. The van der Waals surface area contributed by atoms with Crippen LogP contribution in [0.25, 0.3) is 0 Å². The first-order valence-electron chi connectivity index (χ1n) is 4.84. The van der Waals surface area contributed by atoms with Crippen LogP contribution < -0.4 is 0 Å². The lowest BCUT2D eigenvalue weighted by Crippen LogP contribution is -1.92. The summed E-state index contributed by atoms with van der Waals surface area (Å²) < 4.78 is 14.9. The molecule has 1 aromatic carbocycles. The molecule has 0 nitrogen and oxygen atoms in total. The zero-order valence-electron chi connectivity index (χ0n) is 8.81. The molecule has 0 saturated heterocycles. The Morgan fingerprint density at radius 1 is 1.18 bits per heavy atom. The maximum absolute atomic E-state index is 13.0. The van der Waals surface area contributed by atoms with Gasteiger partial charge in [0.15, 0.2) is 0 Å². The van der Waals surface area contributed by atoms with E-state index in [4.69, 9.17) is 0 Å². The average Bonchev–Trinajstić information content (AvgIpc) is 2.57. The highest BCUT2D eigenvalue weighted by molar-refractivity contribution is 9.11. The maximum atomic E-state index is 13.0. The number of benzene rings is 1. The average molecular weight is 443 g/mol. The van der Waals surface area contributed by atoms with Gasteiger partial charge in [-0.2, -0.15) is 0 Å². The summed E-state index contributed by atoms with van der Waals surface area (Å²) in [5, 5.41) is 0. The lowest BCUT2D eigenvalue weighted by Gasteiger charge is -2.11. The molecular formula is C12H8Br3FS. The quantitative estimate of drug-likeness (QED) is 0.485. The minimum atomic E-state index is -0.234. The molecule has 90 valence electrons. The molecule has 0 spiro atoms. The fraction of sp³-hybridized carbons (Fsp3) is 0.167. The second-order valence-corrected chi connectivity index (χ2v) is 7.51. The lowest BCUT2D eigenvalue weighted by atomic mass is 10.1. The van der Waals surface area contributed by atoms with Gasteiger partial charge in [-0.1, -0.05) is 37.9 Å². The first-order chi connectivity index (χ1) is 7.99. The van der Waals surface area contributed by atoms with Crippen LogP contribution in [-0.2, 0) is 0 Å². The number of alkyl halides is 1. The molecule has 2 rings (SSSR count). The van der Waals surface area contributed by atoms with Gasteiger partial charge in [0.1, 0.15) is 5.82 Å². The summed E-state index contributed by atoms with van der Waals surface area (Å²) >= 11 is 12.3. The van der Waals surface area contributed by atoms with Gasteiger partial charge in [-0.15, -0.1) is 11.3 Å². The Kier molecular flexibility index (Phi) is 4.45. The largest absolute Gasteiger partial charge is 0.207 e. The number of thiophene rings is 1. The van der Waals surface area contributed by atoms with Gasteiger partial charge in [-0.25, -0.2) is 4.39 Å². The van der Waals surface area contributed by atoms with E-state index in [1.807, 2.05) is 0 Å². The maximum Gasteiger partial charge on any atom is 0.124 e. The van der Waals surface area contributed by atoms with Gasteiger partial charge < -0.3 is 0 Å². The van der Waals surface area contributed by atoms with Gasteiger partial charge in [0, 0.05) is 18.7 Å². The fourth-order valence-corrected chi connectivity index (χ4v) is 5.52. The minimum absolute atomic E-state index is 0.0607. The van der Waals surface area contributed by atoms with Crippen molar-refractivity contribution in [1.82, 2.24) is 0 Å². The Balaban J connectivity index is 2.43. The standard InChI is InChI=1S/C12H8Br3FS/c1-6-4-10(14)12(17-6)11(15)8-3-2-7(16)5-9(8)13/h2-5,11H,1H3. The highest BCUT2D eigenvalue weighted by Gasteiger charge is 2.18. The Bertz CT molecular complexity index is 551. The molecule has 17 heavy (non-hydrogen) atoms. The van der Waals surface area contributed by atoms with Crippen LogP contribution in [0.5, 0.6) is 0 Å². The summed E-state index contributed by atoms with van der Waals surface area (Å²) in [5.41, 5.74) is 1.02. The molecule has 1 heterocycles. The van der Waals surface area contributed by atoms with Gasteiger partial charge in [0.2, 0.25) is 0 Å². The van der Waals surface area contributed by atoms with E-state index in [0.29, 0.717) is 0 Å². The third-order valence-corrected chi connectivity index (χ3v) is 6.28. The van der Waals surface area contributed by atoms with Gasteiger partial charge in [-0.3, -0.25) is 0 Å². The second-order valence-electron chi connectivity index (χ2n) is 3.60. The van der Waals surface area contributed by atoms with E-state index in [-0.39, 0.29) is 10.6 Å². The molecule has 1 unspecified atom stereocenters. The fourth-order valence-electron chi connectivity index (χ4n) is 1.52. The van der Waals surface area contributed by atoms with Crippen LogP contribution >= 0.6 is 59.1 Å². The molecule has 0 fully saturated rings. The highest BCUT2D eigenvalue weighted by atomic mass is 79.9. The minimum Gasteiger partial charge on any atom is -0.207 e. The van der Waals surface area contributed by atoms with Gasteiger partial charge >= 0.3 is 0 Å². The highest BCUT2D eigenvalue weighted by Crippen LogP contribution is 2.42. The van der Waals surface area contributed by atoms with Crippen LogP contribution in [0.15, 0.2) is 33.2 Å². The predicted octanol–water partition coefficient (Wildman–Crippen LogP) is 6.20. The summed E-state index contributed by atoms with van der Waals surface area (Å²) in [4.78, 5) is 2.50. The molecule has 0 N–H and O–H groups in total. The molecule has 2 aromatic rings. The zero-order chi connectivity index (χ0) is 12.6. The van der Waals surface area contributed by atoms with Crippen LogP contribution in [0.3, 0.4) is 0 Å². The van der Waals surface area contributed by atoms with E-state index in [1.165, 1.54) is 21.9 Å². The number of aryl methyl sites for hydroxylation is 1. The molecule has 0 radical (unpaired) electrons. The summed E-state index contributed by atoms with van der Waals surface area (Å²) in [7, 11) is 0. The van der Waals surface area contributed by atoms with E-state index in [1.54, 1.807) is 17.4 Å². The molecule has 5 heteroatoms. The van der Waals surface area contributed by atoms with E-state index >= 15 is 0 Å². The molecule has 0 bridgehead atoms. The van der Waals surface area contributed by atoms with Crippen LogP contribution in [0, 0.1) is 12.7 Å². The van der Waals surface area contributed by atoms with E-state index in [2.05, 4.69) is 60.8 Å². The van der Waals surface area contributed by atoms with Crippen molar-refractivity contribution < 1.29 is 4.39 Å². The first kappa shape index (κ1) is 13.7. The first-order valence-corrected chi connectivity index (χ1v) is 8.15. The van der Waals surface area contributed by atoms with Crippen LogP contribution in [0.2, 0.25) is 0 Å². The van der Waals surface area contributed by atoms with Gasteiger partial charge in [0.05, 0.1) is 4.83 Å². The molecule has 1 atom stereocenters. The predicted molar refractivity (Wildman–Crippen MR) is 81.6 cm³/mol. The summed E-state index contributed by atoms with van der Waals surface area (Å²) in [6, 6.07) is 6.84. The third kappa shape index (κ3) is 3.00. The Morgan fingerprint density at radius 3 is 2.41 bits per heavy atom. The number of halogens is 4. The smallest absolute Gasteiger partial charge is 0.124 e. The summed E-state index contributed by atoms with van der Waals surface area (Å²) in [5.74, 6) is -0.234. The van der Waals surface area contributed by atoms with Crippen molar-refractivity contribution >= 4 is 59.1 Å². The van der Waals surface area contributed by atoms with Crippen molar-refractivity contribution in [3.05, 3.63) is 54.3 Å². The molecular weight excluding hydrogens is 435 g/mol. The van der Waals surface area contributed by atoms with E-state index < -0.39 is 0 Å². The molecule has 0 aliphatic heterocycles. The third-order valence-electron chi connectivity index (χ3n) is 2.30. The van der Waals surface area contributed by atoms with Gasteiger partial charge in [0.25, 0.3) is 0 Å². The molecule has 0 aliphatic rings. The number of hydrogen-bond acceptors (Lipinski definition) is 1. The zero-order valence-corrected chi connectivity index (χ0v) is 14.4. The lowest BCUT2D eigenvalue weighted by molar-refractivity contribution is 0.626. The second kappa shape index (κ2) is 5.51. The summed E-state index contributed by atoms with van der Waals surface area (Å²) in [6.07, 6.45) is 0. The van der Waals surface area contributed by atoms with E-state index in [0.717, 1.165) is 14.5 Å². The van der Waals surface area contributed by atoms with Crippen molar-refractivity contribution in [2.24, 2.45) is 0 Å².